The molecule has 1 aliphatic heterocycles. The Hall–Kier alpha value is -1.30. The summed E-state index contributed by atoms with van der Waals surface area (Å²) in [7, 11) is 1.34. The van der Waals surface area contributed by atoms with Gasteiger partial charge in [-0.1, -0.05) is 6.92 Å². The highest BCUT2D eigenvalue weighted by Crippen LogP contribution is 2.37. The highest BCUT2D eigenvalue weighted by atomic mass is 32.2. The van der Waals surface area contributed by atoms with Crippen molar-refractivity contribution in [3.05, 3.63) is 11.4 Å². The monoisotopic (exact) mass is 239 g/mol. The molecule has 1 atom stereocenters. The zero-order valence-electron chi connectivity index (χ0n) is 9.19. The van der Waals surface area contributed by atoms with Gasteiger partial charge in [0.25, 0.3) is 0 Å². The molecule has 0 saturated carbocycles. The molecule has 2 N–H and O–H groups in total. The Kier molecular flexibility index (Phi) is 3.00. The van der Waals surface area contributed by atoms with Crippen LogP contribution in [0.1, 0.15) is 18.3 Å². The Morgan fingerprint density at radius 2 is 2.38 bits per heavy atom. The largest absolute Gasteiger partial charge is 0.469 e. The fourth-order valence-electron chi connectivity index (χ4n) is 1.62. The molecule has 0 saturated heterocycles. The number of nitrogens with zero attached hydrogens (tertiary/aromatic N) is 2. The molecular weight excluding hydrogens is 226 g/mol. The second-order valence-corrected chi connectivity index (χ2v) is 5.12. The van der Waals surface area contributed by atoms with Crippen molar-refractivity contribution in [2.24, 2.45) is 0 Å². The van der Waals surface area contributed by atoms with Crippen molar-refractivity contribution in [1.29, 1.82) is 0 Å². The maximum atomic E-state index is 11.1. The normalized spacial score (nSPS) is 18.2. The summed E-state index contributed by atoms with van der Waals surface area (Å²) in [5, 5.41) is 1.37. The van der Waals surface area contributed by atoms with Crippen LogP contribution in [0.3, 0.4) is 0 Å². The molecule has 1 unspecified atom stereocenters. The summed E-state index contributed by atoms with van der Waals surface area (Å²) in [6, 6.07) is 0. The van der Waals surface area contributed by atoms with E-state index in [2.05, 4.69) is 21.6 Å². The second-order valence-electron chi connectivity index (χ2n) is 3.69. The highest BCUT2D eigenvalue weighted by molar-refractivity contribution is 8.00. The second kappa shape index (κ2) is 4.29. The zero-order chi connectivity index (χ0) is 11.7. The zero-order valence-corrected chi connectivity index (χ0v) is 10.0. The lowest BCUT2D eigenvalue weighted by Gasteiger charge is -2.04. The van der Waals surface area contributed by atoms with E-state index in [9.17, 15) is 4.79 Å². The minimum Gasteiger partial charge on any atom is -0.469 e. The van der Waals surface area contributed by atoms with Crippen molar-refractivity contribution < 1.29 is 9.53 Å². The fraction of sp³-hybridized carbons (Fsp3) is 0.500. The number of ether oxygens (including phenoxy) is 1. The van der Waals surface area contributed by atoms with Crippen LogP contribution in [0.4, 0.5) is 5.82 Å². The van der Waals surface area contributed by atoms with Gasteiger partial charge in [0, 0.05) is 10.8 Å². The third kappa shape index (κ3) is 2.11. The summed E-state index contributed by atoms with van der Waals surface area (Å²) < 4.78 is 4.57. The summed E-state index contributed by atoms with van der Waals surface area (Å²) in [5.74, 6) is 0.570. The van der Waals surface area contributed by atoms with Gasteiger partial charge < -0.3 is 10.5 Å². The van der Waals surface area contributed by atoms with Crippen molar-refractivity contribution in [1.82, 2.24) is 9.97 Å². The van der Waals surface area contributed by atoms with Crippen molar-refractivity contribution in [3.8, 4) is 0 Å². The van der Waals surface area contributed by atoms with Crippen molar-refractivity contribution in [3.63, 3.8) is 0 Å². The van der Waals surface area contributed by atoms with E-state index in [1.807, 2.05) is 0 Å². The number of nitrogens with two attached hydrogens (primary N) is 1. The summed E-state index contributed by atoms with van der Waals surface area (Å²) in [5.41, 5.74) is 6.84. The van der Waals surface area contributed by atoms with Crippen LogP contribution >= 0.6 is 11.8 Å². The molecule has 86 valence electrons. The Morgan fingerprint density at radius 3 is 3.06 bits per heavy atom. The number of methoxy groups -OCH3 is 1. The molecular formula is C10H13N3O2S. The molecule has 0 amide bonds. The molecule has 6 heteroatoms. The first-order chi connectivity index (χ1) is 7.60. The maximum absolute atomic E-state index is 11.1. The van der Waals surface area contributed by atoms with Crippen LogP contribution < -0.4 is 5.73 Å². The first-order valence-electron chi connectivity index (χ1n) is 4.99. The number of rotatable bonds is 2. The van der Waals surface area contributed by atoms with E-state index < -0.39 is 0 Å². The number of fused-ring (bicyclic) bond motifs is 1. The van der Waals surface area contributed by atoms with Crippen LogP contribution in [0, 0.1) is 0 Å². The first-order valence-corrected chi connectivity index (χ1v) is 5.87. The number of carbonyl (C=O) groups is 1. The van der Waals surface area contributed by atoms with Crippen LogP contribution in [0.2, 0.25) is 0 Å². The molecule has 0 spiro atoms. The van der Waals surface area contributed by atoms with E-state index >= 15 is 0 Å². The molecule has 1 aromatic heterocycles. The molecule has 0 fully saturated rings. The number of esters is 1. The van der Waals surface area contributed by atoms with E-state index in [1.165, 1.54) is 7.11 Å². The van der Waals surface area contributed by atoms with Gasteiger partial charge in [-0.15, -0.1) is 11.8 Å². The average Bonchev–Trinajstić information content (AvgIpc) is 2.59. The number of anilines is 1. The van der Waals surface area contributed by atoms with Gasteiger partial charge in [-0.3, -0.25) is 4.79 Å². The minimum absolute atomic E-state index is 0.0723. The molecule has 2 heterocycles. The SMILES string of the molecule is COC(=O)Cc1nc(N)c2c(n1)SC(C)C2. The highest BCUT2D eigenvalue weighted by Gasteiger charge is 2.24. The standard InChI is InChI=1S/C10H13N3O2S/c1-5-3-6-9(11)12-7(4-8(14)15-2)13-10(6)16-5/h5H,3-4H2,1-2H3,(H2,11,12,13). The van der Waals surface area contributed by atoms with Crippen LogP contribution in [0.25, 0.3) is 0 Å². The Labute approximate surface area is 97.8 Å². The van der Waals surface area contributed by atoms with Gasteiger partial charge in [0.2, 0.25) is 0 Å². The Balaban J connectivity index is 2.27. The van der Waals surface area contributed by atoms with E-state index in [-0.39, 0.29) is 12.4 Å². The topological polar surface area (TPSA) is 78.1 Å². The molecule has 0 radical (unpaired) electrons. The lowest BCUT2D eigenvalue weighted by atomic mass is 10.2. The van der Waals surface area contributed by atoms with Crippen LogP contribution in [-0.2, 0) is 22.4 Å². The smallest absolute Gasteiger partial charge is 0.313 e. The van der Waals surface area contributed by atoms with E-state index in [1.54, 1.807) is 11.8 Å². The number of hydrogen-bond acceptors (Lipinski definition) is 6. The van der Waals surface area contributed by atoms with Gasteiger partial charge in [0.1, 0.15) is 23.1 Å². The number of hydrogen-bond donors (Lipinski definition) is 1. The van der Waals surface area contributed by atoms with Crippen molar-refractivity contribution in [2.45, 2.75) is 30.0 Å². The maximum Gasteiger partial charge on any atom is 0.313 e. The number of nitrogen functional groups attached to an aromatic ring is 1. The third-order valence-electron chi connectivity index (χ3n) is 2.38. The van der Waals surface area contributed by atoms with E-state index in [4.69, 9.17) is 5.73 Å². The first kappa shape index (κ1) is 11.2. The molecule has 2 rings (SSSR count). The molecule has 1 aromatic rings. The minimum atomic E-state index is -0.351. The summed E-state index contributed by atoms with van der Waals surface area (Å²) in [6.07, 6.45) is 0.966. The Bertz CT molecular complexity index is 436. The lowest BCUT2D eigenvalue weighted by Crippen LogP contribution is -2.11. The van der Waals surface area contributed by atoms with Gasteiger partial charge >= 0.3 is 5.97 Å². The molecule has 0 bridgehead atoms. The Morgan fingerprint density at radius 1 is 1.62 bits per heavy atom. The molecule has 5 nitrogen and oxygen atoms in total. The predicted molar refractivity (Wildman–Crippen MR) is 61.2 cm³/mol. The van der Waals surface area contributed by atoms with E-state index in [0.717, 1.165) is 17.0 Å². The van der Waals surface area contributed by atoms with Crippen LogP contribution in [-0.4, -0.2) is 28.3 Å². The van der Waals surface area contributed by atoms with Crippen molar-refractivity contribution in [2.75, 3.05) is 12.8 Å². The molecule has 16 heavy (non-hydrogen) atoms. The van der Waals surface area contributed by atoms with Gasteiger partial charge in [-0.25, -0.2) is 9.97 Å². The molecule has 0 aromatic carbocycles. The number of aromatic nitrogens is 2. The van der Waals surface area contributed by atoms with E-state index in [0.29, 0.717) is 16.9 Å². The lowest BCUT2D eigenvalue weighted by molar-refractivity contribution is -0.139. The summed E-state index contributed by atoms with van der Waals surface area (Å²) in [6.45, 7) is 2.12. The molecule has 1 aliphatic rings. The van der Waals surface area contributed by atoms with Gasteiger partial charge in [-0.2, -0.15) is 0 Å². The van der Waals surface area contributed by atoms with Crippen molar-refractivity contribution >= 4 is 23.5 Å². The number of thioether (sulfide) groups is 1. The number of carbonyl (C=O) groups excluding carboxylic acids is 1. The quantitative estimate of drug-likeness (QED) is 0.608. The fourth-order valence-corrected chi connectivity index (χ4v) is 2.73. The summed E-state index contributed by atoms with van der Waals surface area (Å²) in [4.78, 5) is 19.6. The summed E-state index contributed by atoms with van der Waals surface area (Å²) >= 11 is 1.67. The van der Waals surface area contributed by atoms with Crippen LogP contribution in [0.15, 0.2) is 5.03 Å². The van der Waals surface area contributed by atoms with Gasteiger partial charge in [0.05, 0.1) is 7.11 Å². The van der Waals surface area contributed by atoms with Gasteiger partial charge in [0.15, 0.2) is 0 Å². The average molecular weight is 239 g/mol. The predicted octanol–water partition coefficient (Wildman–Crippen LogP) is 0.811. The molecule has 0 aliphatic carbocycles. The van der Waals surface area contributed by atoms with Gasteiger partial charge in [-0.05, 0) is 6.42 Å². The third-order valence-corrected chi connectivity index (χ3v) is 3.51. The van der Waals surface area contributed by atoms with Crippen LogP contribution in [0.5, 0.6) is 0 Å².